The number of carbonyl (C=O) groups excluding carboxylic acids is 2. The zero-order chi connectivity index (χ0) is 9.02. The van der Waals surface area contributed by atoms with Gasteiger partial charge < -0.3 is 0 Å². The van der Waals surface area contributed by atoms with E-state index in [4.69, 9.17) is 11.6 Å². The molecule has 0 spiro atoms. The largest absolute Gasteiger partial charge is 0.323 e. The van der Waals surface area contributed by atoms with Crippen LogP contribution in [-0.2, 0) is 4.79 Å². The maximum absolute atomic E-state index is 10.9. The minimum Gasteiger partial charge on any atom is -0.269 e. The molecular weight excluding hydrogens is 166 g/mol. The van der Waals surface area contributed by atoms with Gasteiger partial charge in [-0.1, -0.05) is 5.57 Å². The van der Waals surface area contributed by atoms with Gasteiger partial charge in [-0.05, 0) is 25.4 Å². The maximum Gasteiger partial charge on any atom is 0.323 e. The zero-order valence-electron chi connectivity index (χ0n) is 6.72. The Morgan fingerprint density at radius 1 is 1.36 bits per heavy atom. The zero-order valence-corrected chi connectivity index (χ0v) is 7.47. The first-order chi connectivity index (χ1) is 4.95. The second-order valence-corrected chi connectivity index (χ2v) is 2.70. The van der Waals surface area contributed by atoms with Crippen molar-refractivity contribution in [2.45, 2.75) is 13.8 Å². The average Bonchev–Trinajstić information content (AvgIpc) is 1.84. The lowest BCUT2D eigenvalue weighted by atomic mass is 10.3. The molecule has 0 heterocycles. The van der Waals surface area contributed by atoms with Crippen molar-refractivity contribution in [2.75, 3.05) is 7.05 Å². The van der Waals surface area contributed by atoms with Gasteiger partial charge in [0.2, 0.25) is 0 Å². The fourth-order valence-electron chi connectivity index (χ4n) is 0.430. The highest BCUT2D eigenvalue weighted by Gasteiger charge is 2.10. The van der Waals surface area contributed by atoms with E-state index in [1.807, 2.05) is 0 Å². The third-order valence-electron chi connectivity index (χ3n) is 1.01. The number of amides is 2. The normalized spacial score (nSPS) is 8.73. The van der Waals surface area contributed by atoms with Crippen LogP contribution in [0.5, 0.6) is 0 Å². The van der Waals surface area contributed by atoms with E-state index in [9.17, 15) is 9.59 Å². The first kappa shape index (κ1) is 10.2. The van der Waals surface area contributed by atoms with Gasteiger partial charge in [0.25, 0.3) is 5.91 Å². The Hall–Kier alpha value is -0.830. The van der Waals surface area contributed by atoms with Gasteiger partial charge in [0.15, 0.2) is 0 Å². The van der Waals surface area contributed by atoms with Gasteiger partial charge in [-0.15, -0.1) is 0 Å². The van der Waals surface area contributed by atoms with E-state index in [0.717, 1.165) is 10.5 Å². The molecule has 0 N–H and O–H groups in total. The summed E-state index contributed by atoms with van der Waals surface area (Å²) in [4.78, 5) is 22.2. The Morgan fingerprint density at radius 3 is 2.09 bits per heavy atom. The Balaban J connectivity index is 4.27. The molecule has 3 nitrogen and oxygen atoms in total. The highest BCUT2D eigenvalue weighted by molar-refractivity contribution is 6.64. The number of carbonyl (C=O) groups is 2. The van der Waals surface area contributed by atoms with E-state index in [1.165, 1.54) is 13.1 Å². The molecule has 0 saturated carbocycles. The topological polar surface area (TPSA) is 37.4 Å². The van der Waals surface area contributed by atoms with Crippen LogP contribution in [0.4, 0.5) is 4.79 Å². The van der Waals surface area contributed by atoms with Crippen LogP contribution in [0.3, 0.4) is 0 Å². The summed E-state index contributed by atoms with van der Waals surface area (Å²) in [5.41, 5.74) is 0.833. The molecule has 0 unspecified atom stereocenters. The predicted molar refractivity (Wildman–Crippen MR) is 43.5 cm³/mol. The van der Waals surface area contributed by atoms with Crippen LogP contribution in [0.15, 0.2) is 11.6 Å². The summed E-state index contributed by atoms with van der Waals surface area (Å²) in [5.74, 6) is -0.398. The van der Waals surface area contributed by atoms with Crippen LogP contribution in [0.25, 0.3) is 0 Å². The predicted octanol–water partition coefficient (Wildman–Crippen LogP) is 1.77. The van der Waals surface area contributed by atoms with Crippen molar-refractivity contribution in [1.29, 1.82) is 0 Å². The standard InChI is InChI=1S/C7H10ClNO2/c1-5(2)4-6(10)9(3)7(8)11/h4H,1-3H3. The van der Waals surface area contributed by atoms with E-state index in [0.29, 0.717) is 0 Å². The molecule has 0 aliphatic rings. The number of hydrogen-bond donors (Lipinski definition) is 0. The van der Waals surface area contributed by atoms with Gasteiger partial charge in [0, 0.05) is 13.1 Å². The quantitative estimate of drug-likeness (QED) is 0.346. The van der Waals surface area contributed by atoms with Crippen molar-refractivity contribution < 1.29 is 9.59 Å². The van der Waals surface area contributed by atoms with E-state index < -0.39 is 11.3 Å². The Labute approximate surface area is 70.6 Å². The number of rotatable bonds is 1. The van der Waals surface area contributed by atoms with E-state index in [1.54, 1.807) is 13.8 Å². The molecule has 0 bridgehead atoms. The van der Waals surface area contributed by atoms with Crippen LogP contribution in [0.2, 0.25) is 0 Å². The molecule has 0 saturated heterocycles. The fraction of sp³-hybridized carbons (Fsp3) is 0.429. The summed E-state index contributed by atoms with van der Waals surface area (Å²) in [5, 5.41) is -0.771. The summed E-state index contributed by atoms with van der Waals surface area (Å²) in [7, 11) is 1.33. The van der Waals surface area contributed by atoms with Crippen LogP contribution in [0, 0.1) is 0 Å². The van der Waals surface area contributed by atoms with E-state index in [2.05, 4.69) is 0 Å². The molecular formula is C7H10ClNO2. The molecule has 0 aromatic rings. The van der Waals surface area contributed by atoms with Gasteiger partial charge >= 0.3 is 5.37 Å². The fourth-order valence-corrected chi connectivity index (χ4v) is 0.514. The highest BCUT2D eigenvalue weighted by atomic mass is 35.5. The molecule has 2 amide bonds. The second kappa shape index (κ2) is 4.13. The molecule has 0 aromatic carbocycles. The third-order valence-corrected chi connectivity index (χ3v) is 1.26. The molecule has 0 aliphatic carbocycles. The van der Waals surface area contributed by atoms with Crippen molar-refractivity contribution in [1.82, 2.24) is 4.90 Å². The lowest BCUT2D eigenvalue weighted by Crippen LogP contribution is -2.27. The summed E-state index contributed by atoms with van der Waals surface area (Å²) in [6.07, 6.45) is 1.35. The summed E-state index contributed by atoms with van der Waals surface area (Å²) < 4.78 is 0. The number of nitrogens with zero attached hydrogens (tertiary/aromatic N) is 1. The van der Waals surface area contributed by atoms with Crippen molar-refractivity contribution in [2.24, 2.45) is 0 Å². The molecule has 0 aliphatic heterocycles. The molecule has 11 heavy (non-hydrogen) atoms. The first-order valence-electron chi connectivity index (χ1n) is 3.07. The van der Waals surface area contributed by atoms with Crippen molar-refractivity contribution in [3.8, 4) is 0 Å². The monoisotopic (exact) mass is 175 g/mol. The van der Waals surface area contributed by atoms with Crippen molar-refractivity contribution in [3.63, 3.8) is 0 Å². The number of hydrogen-bond acceptors (Lipinski definition) is 2. The van der Waals surface area contributed by atoms with Gasteiger partial charge in [0.1, 0.15) is 0 Å². The Kier molecular flexibility index (Phi) is 3.82. The van der Waals surface area contributed by atoms with E-state index >= 15 is 0 Å². The number of imide groups is 1. The van der Waals surface area contributed by atoms with Crippen LogP contribution in [-0.4, -0.2) is 23.2 Å². The number of halogens is 1. The average molecular weight is 176 g/mol. The SMILES string of the molecule is CC(C)=CC(=O)N(C)C(=O)Cl. The second-order valence-electron chi connectivity index (χ2n) is 2.37. The molecule has 0 fully saturated rings. The molecule has 0 aromatic heterocycles. The van der Waals surface area contributed by atoms with Crippen LogP contribution >= 0.6 is 11.6 Å². The summed E-state index contributed by atoms with van der Waals surface area (Å²) in [6, 6.07) is 0. The molecule has 0 rings (SSSR count). The Bertz CT molecular complexity index is 206. The first-order valence-corrected chi connectivity index (χ1v) is 3.45. The smallest absolute Gasteiger partial charge is 0.269 e. The minimum absolute atomic E-state index is 0.398. The molecule has 62 valence electrons. The Morgan fingerprint density at radius 2 is 1.82 bits per heavy atom. The van der Waals surface area contributed by atoms with Crippen molar-refractivity contribution in [3.05, 3.63) is 11.6 Å². The minimum atomic E-state index is -0.771. The molecule has 0 atom stereocenters. The lowest BCUT2D eigenvalue weighted by molar-refractivity contribution is -0.121. The summed E-state index contributed by atoms with van der Waals surface area (Å²) in [6.45, 7) is 3.54. The molecule has 4 heteroatoms. The number of likely N-dealkylation sites (N-methyl/N-ethyl adjacent to an activating group) is 1. The van der Waals surface area contributed by atoms with Gasteiger partial charge in [-0.3, -0.25) is 14.5 Å². The number of allylic oxidation sites excluding steroid dienone is 1. The molecule has 0 radical (unpaired) electrons. The van der Waals surface area contributed by atoms with Gasteiger partial charge in [0.05, 0.1) is 0 Å². The van der Waals surface area contributed by atoms with Crippen LogP contribution < -0.4 is 0 Å². The van der Waals surface area contributed by atoms with Gasteiger partial charge in [-0.25, -0.2) is 0 Å². The van der Waals surface area contributed by atoms with Crippen molar-refractivity contribution >= 4 is 22.9 Å². The third kappa shape index (κ3) is 3.78. The van der Waals surface area contributed by atoms with Gasteiger partial charge in [-0.2, -0.15) is 0 Å². The summed E-state index contributed by atoms with van der Waals surface area (Å²) >= 11 is 5.04. The highest BCUT2D eigenvalue weighted by Crippen LogP contribution is 1.97. The maximum atomic E-state index is 10.9. The van der Waals surface area contributed by atoms with E-state index in [-0.39, 0.29) is 0 Å². The van der Waals surface area contributed by atoms with Crippen LogP contribution in [0.1, 0.15) is 13.8 Å². The lowest BCUT2D eigenvalue weighted by Gasteiger charge is -2.07.